The zero-order chi connectivity index (χ0) is 8.27. The molecule has 1 aliphatic heterocycles. The number of rotatable bonds is 1. The Labute approximate surface area is 67.3 Å². The molecule has 11 heavy (non-hydrogen) atoms. The molecular formula is C8H14NO2. The van der Waals surface area contributed by atoms with E-state index in [0.29, 0.717) is 0 Å². The number of ether oxygens (including phenoxy) is 1. The first-order valence-electron chi connectivity index (χ1n) is 3.88. The smallest absolute Gasteiger partial charge is 0.309 e. The maximum atomic E-state index is 11.0. The van der Waals surface area contributed by atoms with Gasteiger partial charge in [0.1, 0.15) is 7.11 Å². The lowest BCUT2D eigenvalue weighted by molar-refractivity contribution is -0.144. The Morgan fingerprint density at radius 3 is 2.55 bits per heavy atom. The van der Waals surface area contributed by atoms with Crippen molar-refractivity contribution in [2.75, 3.05) is 20.1 Å². The number of hydrogen-bond acceptors (Lipinski definition) is 3. The fraction of sp³-hybridized carbons (Fsp3) is 0.750. The number of carbonyl (C=O) groups is 1. The van der Waals surface area contributed by atoms with Crippen molar-refractivity contribution in [2.45, 2.75) is 12.8 Å². The summed E-state index contributed by atoms with van der Waals surface area (Å²) in [6.07, 6.45) is 1.82. The summed E-state index contributed by atoms with van der Waals surface area (Å²) in [4.78, 5) is 13.2. The van der Waals surface area contributed by atoms with Crippen molar-refractivity contribution < 1.29 is 9.53 Å². The highest BCUT2D eigenvalue weighted by atomic mass is 16.5. The molecule has 1 saturated heterocycles. The number of piperidine rings is 1. The molecule has 0 saturated carbocycles. The van der Waals surface area contributed by atoms with Crippen LogP contribution >= 0.6 is 0 Å². The third-order valence-corrected chi connectivity index (χ3v) is 2.19. The van der Waals surface area contributed by atoms with Gasteiger partial charge in [0, 0.05) is 0 Å². The van der Waals surface area contributed by atoms with Gasteiger partial charge in [0.05, 0.1) is 5.92 Å². The van der Waals surface area contributed by atoms with Crippen molar-refractivity contribution in [3.8, 4) is 0 Å². The summed E-state index contributed by atoms with van der Waals surface area (Å²) < 4.78 is 4.42. The van der Waals surface area contributed by atoms with Gasteiger partial charge in [-0.05, 0) is 33.0 Å². The monoisotopic (exact) mass is 156 g/mol. The van der Waals surface area contributed by atoms with Crippen molar-refractivity contribution in [1.29, 1.82) is 0 Å². The van der Waals surface area contributed by atoms with Gasteiger partial charge in [0.25, 0.3) is 0 Å². The van der Waals surface area contributed by atoms with E-state index >= 15 is 0 Å². The minimum Gasteiger partial charge on any atom is -0.462 e. The lowest BCUT2D eigenvalue weighted by Gasteiger charge is -2.26. The molecule has 0 aromatic rings. The number of nitrogens with zero attached hydrogens (tertiary/aromatic N) is 1. The lowest BCUT2D eigenvalue weighted by Crippen LogP contribution is -2.33. The van der Waals surface area contributed by atoms with Crippen LogP contribution in [0.4, 0.5) is 0 Å². The SMILES string of the molecule is [CH2]OC(=O)C1CCN(C)CC1. The van der Waals surface area contributed by atoms with E-state index in [1.54, 1.807) is 0 Å². The van der Waals surface area contributed by atoms with Gasteiger partial charge in [0.2, 0.25) is 0 Å². The molecule has 1 radical (unpaired) electrons. The lowest BCUT2D eigenvalue weighted by atomic mass is 9.98. The largest absolute Gasteiger partial charge is 0.462 e. The normalized spacial score (nSPS) is 21.6. The van der Waals surface area contributed by atoms with Crippen LogP contribution in [0, 0.1) is 13.0 Å². The van der Waals surface area contributed by atoms with Gasteiger partial charge >= 0.3 is 5.97 Å². The zero-order valence-corrected chi connectivity index (χ0v) is 6.88. The van der Waals surface area contributed by atoms with Crippen molar-refractivity contribution in [3.05, 3.63) is 7.11 Å². The maximum Gasteiger partial charge on any atom is 0.309 e. The van der Waals surface area contributed by atoms with Crippen LogP contribution in [0.3, 0.4) is 0 Å². The average molecular weight is 156 g/mol. The Balaban J connectivity index is 2.33. The van der Waals surface area contributed by atoms with E-state index < -0.39 is 0 Å². The molecule has 63 valence electrons. The van der Waals surface area contributed by atoms with E-state index in [1.165, 1.54) is 0 Å². The average Bonchev–Trinajstić information content (AvgIpc) is 2.05. The summed E-state index contributed by atoms with van der Waals surface area (Å²) in [6, 6.07) is 0. The molecule has 1 aliphatic rings. The number of likely N-dealkylation sites (tertiary alicyclic amines) is 1. The second-order valence-corrected chi connectivity index (χ2v) is 3.04. The summed E-state index contributed by atoms with van der Waals surface area (Å²) in [5.74, 6) is -0.0678. The van der Waals surface area contributed by atoms with Crippen LogP contribution in [0.25, 0.3) is 0 Å². The Morgan fingerprint density at radius 1 is 1.55 bits per heavy atom. The summed E-state index contributed by atoms with van der Waals surface area (Å²) in [5, 5.41) is 0. The molecule has 0 aromatic carbocycles. The summed E-state index contributed by atoms with van der Waals surface area (Å²) >= 11 is 0. The van der Waals surface area contributed by atoms with Crippen LogP contribution in [-0.4, -0.2) is 31.0 Å². The van der Waals surface area contributed by atoms with E-state index in [1.807, 2.05) is 0 Å². The second-order valence-electron chi connectivity index (χ2n) is 3.04. The molecule has 3 heteroatoms. The van der Waals surface area contributed by atoms with E-state index in [2.05, 4.69) is 23.8 Å². The highest BCUT2D eigenvalue weighted by Crippen LogP contribution is 2.16. The minimum absolute atomic E-state index is 0.0868. The summed E-state index contributed by atoms with van der Waals surface area (Å²) in [6.45, 7) is 1.97. The Bertz CT molecular complexity index is 139. The van der Waals surface area contributed by atoms with Crippen molar-refractivity contribution in [2.24, 2.45) is 5.92 Å². The molecule has 0 N–H and O–H groups in total. The Morgan fingerprint density at radius 2 is 2.09 bits per heavy atom. The third-order valence-electron chi connectivity index (χ3n) is 2.19. The molecule has 1 rings (SSSR count). The standard InChI is InChI=1S/C8H14NO2/c1-9-5-3-7(4-6-9)8(10)11-2/h7H,2-6H2,1H3. The van der Waals surface area contributed by atoms with Crippen LogP contribution in [0.15, 0.2) is 0 Å². The predicted molar refractivity (Wildman–Crippen MR) is 41.7 cm³/mol. The second kappa shape index (κ2) is 3.72. The first kappa shape index (κ1) is 8.53. The van der Waals surface area contributed by atoms with Gasteiger partial charge in [-0.2, -0.15) is 0 Å². The first-order valence-corrected chi connectivity index (χ1v) is 3.88. The maximum absolute atomic E-state index is 11.0. The third kappa shape index (κ3) is 2.19. The highest BCUT2D eigenvalue weighted by molar-refractivity contribution is 5.72. The fourth-order valence-electron chi connectivity index (χ4n) is 1.36. The minimum atomic E-state index is -0.155. The molecule has 0 bridgehead atoms. The van der Waals surface area contributed by atoms with Crippen molar-refractivity contribution in [3.63, 3.8) is 0 Å². The van der Waals surface area contributed by atoms with Gasteiger partial charge < -0.3 is 9.64 Å². The number of hydrogen-bond donors (Lipinski definition) is 0. The van der Waals surface area contributed by atoms with Gasteiger partial charge in [-0.15, -0.1) is 0 Å². The molecule has 0 aromatic heterocycles. The predicted octanol–water partition coefficient (Wildman–Crippen LogP) is 0.663. The van der Waals surface area contributed by atoms with E-state index in [4.69, 9.17) is 0 Å². The molecule has 0 spiro atoms. The van der Waals surface area contributed by atoms with Gasteiger partial charge in [-0.25, -0.2) is 0 Å². The first-order chi connectivity index (χ1) is 5.24. The fourth-order valence-corrected chi connectivity index (χ4v) is 1.36. The van der Waals surface area contributed by atoms with Crippen LogP contribution in [0.1, 0.15) is 12.8 Å². The number of carbonyl (C=O) groups excluding carboxylic acids is 1. The quantitative estimate of drug-likeness (QED) is 0.522. The topological polar surface area (TPSA) is 29.5 Å². The molecule has 1 heterocycles. The van der Waals surface area contributed by atoms with Gasteiger partial charge in [-0.3, -0.25) is 4.79 Å². The molecule has 1 fully saturated rings. The molecule has 0 amide bonds. The summed E-state index contributed by atoms with van der Waals surface area (Å²) in [5.41, 5.74) is 0. The van der Waals surface area contributed by atoms with E-state index in [9.17, 15) is 4.79 Å². The van der Waals surface area contributed by atoms with Gasteiger partial charge in [-0.1, -0.05) is 0 Å². The van der Waals surface area contributed by atoms with Crippen LogP contribution in [0.5, 0.6) is 0 Å². The van der Waals surface area contributed by atoms with Crippen LogP contribution < -0.4 is 0 Å². The van der Waals surface area contributed by atoms with E-state index in [-0.39, 0.29) is 11.9 Å². The molecule has 0 aliphatic carbocycles. The van der Waals surface area contributed by atoms with Crippen LogP contribution in [-0.2, 0) is 9.53 Å². The number of esters is 1. The molecule has 3 nitrogen and oxygen atoms in total. The summed E-state index contributed by atoms with van der Waals surface area (Å²) in [7, 11) is 5.18. The van der Waals surface area contributed by atoms with Gasteiger partial charge in [0.15, 0.2) is 0 Å². The Kier molecular flexibility index (Phi) is 2.88. The van der Waals surface area contributed by atoms with Crippen molar-refractivity contribution in [1.82, 2.24) is 4.90 Å². The van der Waals surface area contributed by atoms with Crippen molar-refractivity contribution >= 4 is 5.97 Å². The Hall–Kier alpha value is -0.570. The van der Waals surface area contributed by atoms with Crippen LogP contribution in [0.2, 0.25) is 0 Å². The molecule has 0 atom stereocenters. The molecular weight excluding hydrogens is 142 g/mol. The zero-order valence-electron chi connectivity index (χ0n) is 6.88. The highest BCUT2D eigenvalue weighted by Gasteiger charge is 2.23. The van der Waals surface area contributed by atoms with E-state index in [0.717, 1.165) is 25.9 Å². The molecule has 0 unspecified atom stereocenters.